The Hall–Kier alpha value is -8.10. The van der Waals surface area contributed by atoms with Gasteiger partial charge in [-0.25, -0.2) is 19.9 Å². The normalized spacial score (nSPS) is 11.8. The maximum Gasteiger partial charge on any atom is 0.227 e. The van der Waals surface area contributed by atoms with E-state index in [9.17, 15) is 0 Å². The molecular formula is C50H28N6O2. The van der Waals surface area contributed by atoms with E-state index < -0.39 is 0 Å². The number of benzene rings is 7. The molecule has 0 atom stereocenters. The molecule has 12 aromatic rings. The highest BCUT2D eigenvalue weighted by molar-refractivity contribution is 6.10. The van der Waals surface area contributed by atoms with Crippen molar-refractivity contribution in [1.82, 2.24) is 29.9 Å². The highest BCUT2D eigenvalue weighted by Gasteiger charge is 2.19. The van der Waals surface area contributed by atoms with E-state index in [1.54, 1.807) is 12.4 Å². The lowest BCUT2D eigenvalue weighted by Crippen LogP contribution is -2.01. The summed E-state index contributed by atoms with van der Waals surface area (Å²) in [5.74, 6) is 2.31. The van der Waals surface area contributed by atoms with Gasteiger partial charge in [0, 0.05) is 62.3 Å². The molecule has 5 heterocycles. The summed E-state index contributed by atoms with van der Waals surface area (Å²) in [5, 5.41) is 6.16. The van der Waals surface area contributed by atoms with Crippen LogP contribution >= 0.6 is 0 Å². The monoisotopic (exact) mass is 744 g/mol. The first-order valence-electron chi connectivity index (χ1n) is 19.0. The number of hydrogen-bond donors (Lipinski definition) is 0. The largest absolute Gasteiger partial charge is 0.456 e. The Morgan fingerprint density at radius 1 is 0.345 bits per heavy atom. The standard InChI is InChI=1S/C50H28N6O2/c1-2-9-31(10-3-1)47-54-48(56-49(55-47)38-24-26-52-46-37(38)21-20-30-11-8-25-51-45(30)46)32-18-16-29(17-19-32)33-22-23-39(35-13-5-4-12-34(33)35)50-53-41-28-43-40(27-44(41)58-50)36-14-6-7-15-42(36)57-43/h1-28H. The summed E-state index contributed by atoms with van der Waals surface area (Å²) in [6, 6.07) is 53.1. The summed E-state index contributed by atoms with van der Waals surface area (Å²) >= 11 is 0. The lowest BCUT2D eigenvalue weighted by atomic mass is 9.94. The van der Waals surface area contributed by atoms with E-state index in [1.807, 2.05) is 84.9 Å². The molecule has 0 fully saturated rings. The van der Waals surface area contributed by atoms with Crippen LogP contribution in [0.1, 0.15) is 0 Å². The first-order valence-corrected chi connectivity index (χ1v) is 19.0. The molecule has 0 aliphatic rings. The number of hydrogen-bond acceptors (Lipinski definition) is 8. The molecule has 8 nitrogen and oxygen atoms in total. The fraction of sp³-hybridized carbons (Fsp3) is 0. The smallest absolute Gasteiger partial charge is 0.227 e. The zero-order chi connectivity index (χ0) is 38.2. The quantitative estimate of drug-likeness (QED) is 0.160. The molecule has 8 heteroatoms. The van der Waals surface area contributed by atoms with E-state index in [0.717, 1.165) is 99.0 Å². The first kappa shape index (κ1) is 32.2. The summed E-state index contributed by atoms with van der Waals surface area (Å²) in [6.07, 6.45) is 3.59. The van der Waals surface area contributed by atoms with Crippen LogP contribution in [0.3, 0.4) is 0 Å². The van der Waals surface area contributed by atoms with Crippen molar-refractivity contribution < 1.29 is 8.83 Å². The lowest BCUT2D eigenvalue weighted by Gasteiger charge is -2.12. The summed E-state index contributed by atoms with van der Waals surface area (Å²) in [4.78, 5) is 29.4. The van der Waals surface area contributed by atoms with Crippen molar-refractivity contribution in [2.45, 2.75) is 0 Å². The van der Waals surface area contributed by atoms with Gasteiger partial charge < -0.3 is 8.83 Å². The van der Waals surface area contributed by atoms with Gasteiger partial charge >= 0.3 is 0 Å². The number of nitrogens with zero attached hydrogens (tertiary/aromatic N) is 6. The van der Waals surface area contributed by atoms with Gasteiger partial charge in [-0.15, -0.1) is 0 Å². The number of para-hydroxylation sites is 1. The zero-order valence-corrected chi connectivity index (χ0v) is 30.7. The van der Waals surface area contributed by atoms with Gasteiger partial charge in [-0.05, 0) is 52.2 Å². The molecule has 5 aromatic heterocycles. The van der Waals surface area contributed by atoms with Crippen molar-refractivity contribution in [2.75, 3.05) is 0 Å². The third-order valence-electron chi connectivity index (χ3n) is 10.9. The van der Waals surface area contributed by atoms with Gasteiger partial charge in [0.1, 0.15) is 16.7 Å². The Morgan fingerprint density at radius 3 is 1.88 bits per heavy atom. The minimum Gasteiger partial charge on any atom is -0.456 e. The Kier molecular flexibility index (Phi) is 7.06. The Bertz CT molecular complexity index is 3580. The van der Waals surface area contributed by atoms with Gasteiger partial charge in [0.15, 0.2) is 23.1 Å². The molecular weight excluding hydrogens is 717 g/mol. The number of rotatable bonds is 5. The van der Waals surface area contributed by atoms with Crippen molar-refractivity contribution in [3.8, 4) is 56.7 Å². The van der Waals surface area contributed by atoms with Crippen LogP contribution in [0.15, 0.2) is 179 Å². The SMILES string of the molecule is c1ccc(-c2nc(-c3ccc(-c4ccc(-c5nc6cc7oc8ccccc8c7cc6o5)c5ccccc45)cc3)nc(-c3ccnc4c3ccc3cccnc34)n2)cc1. The van der Waals surface area contributed by atoms with E-state index in [0.29, 0.717) is 23.4 Å². The van der Waals surface area contributed by atoms with Crippen molar-refractivity contribution >= 4 is 65.6 Å². The van der Waals surface area contributed by atoms with Crippen LogP contribution in [0.25, 0.3) is 122 Å². The van der Waals surface area contributed by atoms with Crippen LogP contribution in [0.2, 0.25) is 0 Å². The molecule has 0 bridgehead atoms. The fourth-order valence-electron chi connectivity index (χ4n) is 8.09. The van der Waals surface area contributed by atoms with Crippen molar-refractivity contribution in [1.29, 1.82) is 0 Å². The van der Waals surface area contributed by atoms with Crippen molar-refractivity contribution in [3.63, 3.8) is 0 Å². The summed E-state index contributed by atoms with van der Waals surface area (Å²) in [5.41, 5.74) is 10.5. The highest BCUT2D eigenvalue weighted by atomic mass is 16.4. The van der Waals surface area contributed by atoms with E-state index in [1.165, 1.54) is 0 Å². The van der Waals surface area contributed by atoms with Gasteiger partial charge in [0.05, 0.1) is 11.0 Å². The van der Waals surface area contributed by atoms with Gasteiger partial charge in [0.2, 0.25) is 5.89 Å². The molecule has 0 amide bonds. The second kappa shape index (κ2) is 12.7. The Morgan fingerprint density at radius 2 is 1.03 bits per heavy atom. The summed E-state index contributed by atoms with van der Waals surface area (Å²) < 4.78 is 12.6. The zero-order valence-electron chi connectivity index (χ0n) is 30.7. The second-order valence-electron chi connectivity index (χ2n) is 14.3. The maximum absolute atomic E-state index is 6.45. The van der Waals surface area contributed by atoms with Crippen LogP contribution in [-0.2, 0) is 0 Å². The van der Waals surface area contributed by atoms with Crippen LogP contribution in [0, 0.1) is 0 Å². The molecule has 0 saturated carbocycles. The number of oxazole rings is 1. The second-order valence-corrected chi connectivity index (χ2v) is 14.3. The molecule has 0 aliphatic carbocycles. The lowest BCUT2D eigenvalue weighted by molar-refractivity contribution is 0.621. The number of pyridine rings is 2. The van der Waals surface area contributed by atoms with E-state index in [4.69, 9.17) is 33.8 Å². The molecule has 12 rings (SSSR count). The molecule has 58 heavy (non-hydrogen) atoms. The summed E-state index contributed by atoms with van der Waals surface area (Å²) in [7, 11) is 0. The molecule has 0 spiro atoms. The Labute approximate surface area is 330 Å². The van der Waals surface area contributed by atoms with E-state index in [-0.39, 0.29) is 0 Å². The van der Waals surface area contributed by atoms with Crippen LogP contribution in [0.4, 0.5) is 0 Å². The van der Waals surface area contributed by atoms with Gasteiger partial charge in [-0.3, -0.25) is 9.97 Å². The van der Waals surface area contributed by atoms with Gasteiger partial charge in [-0.1, -0.05) is 121 Å². The number of aromatic nitrogens is 6. The predicted octanol–water partition coefficient (Wildman–Crippen LogP) is 12.5. The molecule has 0 N–H and O–H groups in total. The molecule has 0 aliphatic heterocycles. The van der Waals surface area contributed by atoms with E-state index >= 15 is 0 Å². The van der Waals surface area contributed by atoms with Gasteiger partial charge in [-0.2, -0.15) is 0 Å². The van der Waals surface area contributed by atoms with Crippen molar-refractivity contribution in [3.05, 3.63) is 170 Å². The summed E-state index contributed by atoms with van der Waals surface area (Å²) in [6.45, 7) is 0. The fourth-order valence-corrected chi connectivity index (χ4v) is 8.09. The molecule has 0 unspecified atom stereocenters. The van der Waals surface area contributed by atoms with Gasteiger partial charge in [0.25, 0.3) is 0 Å². The highest BCUT2D eigenvalue weighted by Crippen LogP contribution is 2.39. The molecule has 7 aromatic carbocycles. The number of furan rings is 1. The van der Waals surface area contributed by atoms with Crippen molar-refractivity contribution in [2.24, 2.45) is 0 Å². The predicted molar refractivity (Wildman–Crippen MR) is 230 cm³/mol. The molecule has 0 saturated heterocycles. The van der Waals surface area contributed by atoms with Crippen LogP contribution < -0.4 is 0 Å². The number of fused-ring (bicyclic) bond motifs is 8. The topological polar surface area (TPSA) is 104 Å². The third kappa shape index (κ3) is 5.16. The maximum atomic E-state index is 6.45. The average molecular weight is 745 g/mol. The first-order chi connectivity index (χ1) is 28.7. The minimum absolute atomic E-state index is 0.566. The minimum atomic E-state index is 0.566. The van der Waals surface area contributed by atoms with E-state index in [2.05, 4.69) is 77.8 Å². The Balaban J connectivity index is 0.942. The molecule has 270 valence electrons. The van der Waals surface area contributed by atoms with Crippen LogP contribution in [0.5, 0.6) is 0 Å². The third-order valence-corrected chi connectivity index (χ3v) is 10.9. The van der Waals surface area contributed by atoms with Crippen LogP contribution in [-0.4, -0.2) is 29.9 Å². The average Bonchev–Trinajstić information content (AvgIpc) is 3.88. The molecule has 0 radical (unpaired) electrons.